The van der Waals surface area contributed by atoms with Gasteiger partial charge in [-0.25, -0.2) is 12.8 Å². The number of nitrogens with zero attached hydrogens (tertiary/aromatic N) is 1. The molecule has 1 aromatic carbocycles. The van der Waals surface area contributed by atoms with Gasteiger partial charge in [-0.15, -0.1) is 0 Å². The van der Waals surface area contributed by atoms with Gasteiger partial charge in [0.2, 0.25) is 0 Å². The maximum atomic E-state index is 14.0. The molecule has 0 saturated carbocycles. The van der Waals surface area contributed by atoms with Crippen LogP contribution in [0, 0.1) is 5.82 Å². The van der Waals surface area contributed by atoms with E-state index in [1.807, 2.05) is 13.8 Å². The SMILES string of the molecule is CC1(C)CCCN1C(=O)c1ccc(S(=O)(=O)Cl)cc1F. The lowest BCUT2D eigenvalue weighted by Gasteiger charge is -2.31. The third kappa shape index (κ3) is 2.81. The van der Waals surface area contributed by atoms with Crippen LogP contribution in [-0.2, 0) is 9.05 Å². The van der Waals surface area contributed by atoms with E-state index in [9.17, 15) is 17.6 Å². The summed E-state index contributed by atoms with van der Waals surface area (Å²) in [4.78, 5) is 13.6. The van der Waals surface area contributed by atoms with Crippen molar-refractivity contribution in [2.75, 3.05) is 6.54 Å². The fourth-order valence-corrected chi connectivity index (χ4v) is 3.21. The van der Waals surface area contributed by atoms with Crippen LogP contribution in [0.2, 0.25) is 0 Å². The normalized spacial score (nSPS) is 18.3. The largest absolute Gasteiger partial charge is 0.333 e. The molecule has 0 aliphatic carbocycles. The fourth-order valence-electron chi connectivity index (χ4n) is 2.45. The van der Waals surface area contributed by atoms with Crippen LogP contribution < -0.4 is 0 Å². The summed E-state index contributed by atoms with van der Waals surface area (Å²) < 4.78 is 36.2. The average molecular weight is 320 g/mol. The van der Waals surface area contributed by atoms with Gasteiger partial charge in [-0.05, 0) is 44.9 Å². The summed E-state index contributed by atoms with van der Waals surface area (Å²) in [7, 11) is 1.14. The number of hydrogen-bond donors (Lipinski definition) is 0. The molecule has 4 nitrogen and oxygen atoms in total. The number of hydrogen-bond acceptors (Lipinski definition) is 3. The number of amides is 1. The van der Waals surface area contributed by atoms with E-state index in [0.29, 0.717) is 6.54 Å². The minimum absolute atomic E-state index is 0.135. The number of rotatable bonds is 2. The van der Waals surface area contributed by atoms with Gasteiger partial charge in [-0.1, -0.05) is 0 Å². The zero-order valence-corrected chi connectivity index (χ0v) is 12.8. The van der Waals surface area contributed by atoms with Crippen molar-refractivity contribution < 1.29 is 17.6 Å². The summed E-state index contributed by atoms with van der Waals surface area (Å²) in [6.07, 6.45) is 1.73. The van der Waals surface area contributed by atoms with E-state index in [1.54, 1.807) is 4.90 Å². The van der Waals surface area contributed by atoms with E-state index in [2.05, 4.69) is 0 Å². The van der Waals surface area contributed by atoms with Gasteiger partial charge in [-0.2, -0.15) is 0 Å². The standard InChI is InChI=1S/C13H15ClFNO3S/c1-13(2)6-3-7-16(13)12(17)10-5-4-9(8-11(10)15)20(14,18)19/h4-5,8H,3,6-7H2,1-2H3. The lowest BCUT2D eigenvalue weighted by Crippen LogP contribution is -2.42. The highest BCUT2D eigenvalue weighted by Gasteiger charge is 2.36. The van der Waals surface area contributed by atoms with Crippen LogP contribution in [0.5, 0.6) is 0 Å². The van der Waals surface area contributed by atoms with E-state index in [0.717, 1.165) is 25.0 Å². The van der Waals surface area contributed by atoms with Crippen molar-refractivity contribution in [3.05, 3.63) is 29.6 Å². The molecular formula is C13H15ClFNO3S. The van der Waals surface area contributed by atoms with Crippen LogP contribution in [0.25, 0.3) is 0 Å². The van der Waals surface area contributed by atoms with Crippen LogP contribution in [0.1, 0.15) is 37.0 Å². The highest BCUT2D eigenvalue weighted by Crippen LogP contribution is 2.30. The summed E-state index contributed by atoms with van der Waals surface area (Å²) in [6.45, 7) is 4.42. The first kappa shape index (κ1) is 15.3. The Hall–Kier alpha value is -1.14. The van der Waals surface area contributed by atoms with Crippen LogP contribution >= 0.6 is 10.7 Å². The Morgan fingerprint density at radius 3 is 2.50 bits per heavy atom. The molecule has 1 saturated heterocycles. The topological polar surface area (TPSA) is 54.5 Å². The average Bonchev–Trinajstić information content (AvgIpc) is 2.66. The van der Waals surface area contributed by atoms with Gasteiger partial charge in [0.05, 0.1) is 10.5 Å². The van der Waals surface area contributed by atoms with Gasteiger partial charge < -0.3 is 4.90 Å². The molecule has 1 aromatic rings. The Kier molecular flexibility index (Phi) is 3.81. The van der Waals surface area contributed by atoms with Gasteiger partial charge in [0.15, 0.2) is 0 Å². The lowest BCUT2D eigenvalue weighted by molar-refractivity contribution is 0.0647. The summed E-state index contributed by atoms with van der Waals surface area (Å²) in [5.41, 5.74) is -0.454. The van der Waals surface area contributed by atoms with Gasteiger partial charge in [0.1, 0.15) is 5.82 Å². The molecule has 0 radical (unpaired) electrons. The van der Waals surface area contributed by atoms with Crippen molar-refractivity contribution in [2.24, 2.45) is 0 Å². The molecular weight excluding hydrogens is 305 g/mol. The highest BCUT2D eigenvalue weighted by molar-refractivity contribution is 8.13. The fraction of sp³-hybridized carbons (Fsp3) is 0.462. The van der Waals surface area contributed by atoms with Crippen LogP contribution in [0.15, 0.2) is 23.1 Å². The highest BCUT2D eigenvalue weighted by atomic mass is 35.7. The molecule has 0 spiro atoms. The van der Waals surface area contributed by atoms with E-state index >= 15 is 0 Å². The second-order valence-corrected chi connectivity index (χ2v) is 8.02. The van der Waals surface area contributed by atoms with Gasteiger partial charge in [0.25, 0.3) is 15.0 Å². The first-order valence-corrected chi connectivity index (χ1v) is 8.50. The monoisotopic (exact) mass is 319 g/mol. The lowest BCUT2D eigenvalue weighted by atomic mass is 10.0. The van der Waals surface area contributed by atoms with Gasteiger partial charge >= 0.3 is 0 Å². The third-order valence-electron chi connectivity index (χ3n) is 3.60. The molecule has 0 N–H and O–H groups in total. The quantitative estimate of drug-likeness (QED) is 0.788. The van der Waals surface area contributed by atoms with Crippen LogP contribution in [0.3, 0.4) is 0 Å². The zero-order valence-electron chi connectivity index (χ0n) is 11.2. The molecule has 1 aliphatic rings. The molecule has 1 aliphatic heterocycles. The van der Waals surface area contributed by atoms with Gasteiger partial charge in [0, 0.05) is 22.8 Å². The number of benzene rings is 1. The van der Waals surface area contributed by atoms with Crippen LogP contribution in [-0.4, -0.2) is 31.3 Å². The predicted molar refractivity (Wildman–Crippen MR) is 73.8 cm³/mol. The van der Waals surface area contributed by atoms with E-state index in [4.69, 9.17) is 10.7 Å². The van der Waals surface area contributed by atoms with E-state index in [-0.39, 0.29) is 16.0 Å². The molecule has 7 heteroatoms. The van der Waals surface area contributed by atoms with Crippen molar-refractivity contribution in [1.82, 2.24) is 4.90 Å². The molecule has 1 amide bonds. The Bertz CT molecular complexity index is 658. The smallest absolute Gasteiger partial charge is 0.261 e. The maximum absolute atomic E-state index is 14.0. The van der Waals surface area contributed by atoms with Crippen molar-refractivity contribution in [1.29, 1.82) is 0 Å². The van der Waals surface area contributed by atoms with Crippen molar-refractivity contribution in [3.8, 4) is 0 Å². The second-order valence-electron chi connectivity index (χ2n) is 5.45. The molecule has 0 bridgehead atoms. The summed E-state index contributed by atoms with van der Waals surface area (Å²) in [5, 5.41) is 0. The Balaban J connectivity index is 2.37. The molecule has 2 rings (SSSR count). The summed E-state index contributed by atoms with van der Waals surface area (Å²) in [5.74, 6) is -1.30. The van der Waals surface area contributed by atoms with Crippen molar-refractivity contribution in [3.63, 3.8) is 0 Å². The molecule has 0 atom stereocenters. The number of carbonyl (C=O) groups is 1. The predicted octanol–water partition coefficient (Wildman–Crippen LogP) is 2.77. The third-order valence-corrected chi connectivity index (χ3v) is 4.95. The molecule has 1 heterocycles. The minimum atomic E-state index is -4.00. The Labute approximate surface area is 121 Å². The maximum Gasteiger partial charge on any atom is 0.261 e. The molecule has 20 heavy (non-hydrogen) atoms. The number of carbonyl (C=O) groups excluding carboxylic acids is 1. The van der Waals surface area contributed by atoms with Crippen molar-refractivity contribution in [2.45, 2.75) is 37.1 Å². The summed E-state index contributed by atoms with van der Waals surface area (Å²) >= 11 is 0. The zero-order chi connectivity index (χ0) is 15.1. The molecule has 110 valence electrons. The first-order valence-electron chi connectivity index (χ1n) is 6.19. The number of likely N-dealkylation sites (tertiary alicyclic amines) is 1. The van der Waals surface area contributed by atoms with Crippen LogP contribution in [0.4, 0.5) is 4.39 Å². The Morgan fingerprint density at radius 2 is 2.05 bits per heavy atom. The molecule has 0 unspecified atom stereocenters. The second kappa shape index (κ2) is 5.00. The first-order chi connectivity index (χ1) is 9.13. The summed E-state index contributed by atoms with van der Waals surface area (Å²) in [6, 6.07) is 3.09. The minimum Gasteiger partial charge on any atom is -0.333 e. The van der Waals surface area contributed by atoms with E-state index in [1.165, 1.54) is 6.07 Å². The van der Waals surface area contributed by atoms with Gasteiger partial charge in [-0.3, -0.25) is 4.79 Å². The Morgan fingerprint density at radius 1 is 1.40 bits per heavy atom. The van der Waals surface area contributed by atoms with E-state index < -0.39 is 20.8 Å². The molecule has 0 aromatic heterocycles. The molecule has 1 fully saturated rings. The number of halogens is 2. The van der Waals surface area contributed by atoms with Crippen molar-refractivity contribution >= 4 is 25.6 Å².